The molecule has 1 aromatic heterocycles. The zero-order chi connectivity index (χ0) is 14.4. The van der Waals surface area contributed by atoms with Crippen LogP contribution in [0.15, 0.2) is 18.3 Å². The molecular formula is C17H28N2O. The molecule has 1 aromatic rings. The minimum atomic E-state index is 0.177. The van der Waals surface area contributed by atoms with Crippen molar-refractivity contribution in [3.63, 3.8) is 0 Å². The molecule has 0 amide bonds. The first-order valence-electron chi connectivity index (χ1n) is 8.08. The van der Waals surface area contributed by atoms with Gasteiger partial charge in [0.05, 0.1) is 6.10 Å². The Kier molecular flexibility index (Phi) is 5.84. The second kappa shape index (κ2) is 7.63. The molecule has 3 nitrogen and oxygen atoms in total. The number of hydrogen-bond donors (Lipinski definition) is 0. The van der Waals surface area contributed by atoms with Crippen molar-refractivity contribution in [2.75, 3.05) is 13.1 Å². The van der Waals surface area contributed by atoms with Gasteiger partial charge in [0.25, 0.3) is 0 Å². The highest BCUT2D eigenvalue weighted by atomic mass is 16.5. The van der Waals surface area contributed by atoms with E-state index in [0.29, 0.717) is 6.04 Å². The van der Waals surface area contributed by atoms with Gasteiger partial charge in [0.2, 0.25) is 5.88 Å². The lowest BCUT2D eigenvalue weighted by molar-refractivity contribution is 0.139. The molecule has 0 spiro atoms. The molecule has 112 valence electrons. The van der Waals surface area contributed by atoms with E-state index in [4.69, 9.17) is 4.74 Å². The van der Waals surface area contributed by atoms with E-state index in [9.17, 15) is 0 Å². The van der Waals surface area contributed by atoms with Gasteiger partial charge >= 0.3 is 0 Å². The third-order valence-electron chi connectivity index (χ3n) is 3.92. The van der Waals surface area contributed by atoms with E-state index in [1.54, 1.807) is 0 Å². The summed E-state index contributed by atoms with van der Waals surface area (Å²) >= 11 is 0. The monoisotopic (exact) mass is 276 g/mol. The quantitative estimate of drug-likeness (QED) is 0.778. The maximum atomic E-state index is 5.91. The molecule has 0 bridgehead atoms. The second-order valence-electron chi connectivity index (χ2n) is 5.97. The van der Waals surface area contributed by atoms with Crippen LogP contribution in [0, 0.1) is 0 Å². The summed E-state index contributed by atoms with van der Waals surface area (Å²) in [7, 11) is 0. The molecule has 1 aliphatic rings. The third-order valence-corrected chi connectivity index (χ3v) is 3.92. The van der Waals surface area contributed by atoms with Crippen LogP contribution in [-0.2, 0) is 0 Å². The minimum absolute atomic E-state index is 0.177. The zero-order valence-corrected chi connectivity index (χ0v) is 13.1. The Balaban J connectivity index is 2.18. The fourth-order valence-corrected chi connectivity index (χ4v) is 2.95. The molecule has 0 aliphatic carbocycles. The van der Waals surface area contributed by atoms with Gasteiger partial charge in [-0.05, 0) is 52.3 Å². The Morgan fingerprint density at radius 3 is 3.00 bits per heavy atom. The summed E-state index contributed by atoms with van der Waals surface area (Å²) in [5.41, 5.74) is 1.28. The highest BCUT2D eigenvalue weighted by Gasteiger charge is 2.26. The summed E-state index contributed by atoms with van der Waals surface area (Å²) in [4.78, 5) is 7.08. The van der Waals surface area contributed by atoms with Crippen LogP contribution in [0.5, 0.6) is 5.88 Å². The fourth-order valence-electron chi connectivity index (χ4n) is 2.95. The van der Waals surface area contributed by atoms with E-state index in [0.717, 1.165) is 5.88 Å². The number of pyridine rings is 1. The van der Waals surface area contributed by atoms with Gasteiger partial charge in [0.15, 0.2) is 0 Å². The lowest BCUT2D eigenvalue weighted by atomic mass is 9.95. The van der Waals surface area contributed by atoms with Gasteiger partial charge in [0, 0.05) is 17.8 Å². The molecule has 20 heavy (non-hydrogen) atoms. The highest BCUT2D eigenvalue weighted by molar-refractivity contribution is 5.29. The normalized spacial score (nSPS) is 20.3. The maximum absolute atomic E-state index is 5.91. The van der Waals surface area contributed by atoms with Crippen LogP contribution in [0.4, 0.5) is 0 Å². The third kappa shape index (κ3) is 3.95. The molecule has 0 aromatic carbocycles. The number of aromatic nitrogens is 1. The number of rotatable bonds is 6. The Morgan fingerprint density at radius 2 is 2.25 bits per heavy atom. The highest BCUT2D eigenvalue weighted by Crippen LogP contribution is 2.35. The lowest BCUT2D eigenvalue weighted by Gasteiger charge is -2.36. The second-order valence-corrected chi connectivity index (χ2v) is 5.97. The van der Waals surface area contributed by atoms with E-state index in [1.165, 1.54) is 50.8 Å². The largest absolute Gasteiger partial charge is 0.475 e. The Bertz CT molecular complexity index is 406. The topological polar surface area (TPSA) is 25.4 Å². The van der Waals surface area contributed by atoms with Gasteiger partial charge in [0.1, 0.15) is 0 Å². The van der Waals surface area contributed by atoms with Gasteiger partial charge in [-0.15, -0.1) is 0 Å². The van der Waals surface area contributed by atoms with Gasteiger partial charge in [-0.1, -0.05) is 25.8 Å². The van der Waals surface area contributed by atoms with Crippen molar-refractivity contribution in [2.24, 2.45) is 0 Å². The summed E-state index contributed by atoms with van der Waals surface area (Å²) in [6, 6.07) is 4.71. The van der Waals surface area contributed by atoms with Crippen LogP contribution in [-0.4, -0.2) is 29.1 Å². The number of piperidine rings is 1. The fraction of sp³-hybridized carbons (Fsp3) is 0.706. The van der Waals surface area contributed by atoms with Gasteiger partial charge in [-0.25, -0.2) is 4.98 Å². The SMILES string of the molecule is CCCCN1CCCCC1c1cccnc1OC(C)C. The smallest absolute Gasteiger partial charge is 0.218 e. The summed E-state index contributed by atoms with van der Waals surface area (Å²) in [6.45, 7) is 8.79. The molecule has 1 unspecified atom stereocenters. The first-order valence-corrected chi connectivity index (χ1v) is 8.08. The van der Waals surface area contributed by atoms with E-state index >= 15 is 0 Å². The molecule has 0 N–H and O–H groups in total. The number of nitrogens with zero attached hydrogens (tertiary/aromatic N) is 2. The molecule has 1 saturated heterocycles. The van der Waals surface area contributed by atoms with E-state index in [-0.39, 0.29) is 6.10 Å². The first kappa shape index (κ1) is 15.3. The average Bonchev–Trinajstić information content (AvgIpc) is 2.45. The Labute approximate surface area is 123 Å². The standard InChI is InChI=1S/C17H28N2O/c1-4-5-12-19-13-7-6-10-16(19)15-9-8-11-18-17(15)20-14(2)3/h8-9,11,14,16H,4-7,10,12-13H2,1-3H3. The number of unbranched alkanes of at least 4 members (excludes halogenated alkanes) is 1. The molecule has 2 rings (SSSR count). The maximum Gasteiger partial charge on any atom is 0.218 e. The lowest BCUT2D eigenvalue weighted by Crippen LogP contribution is -2.34. The first-order chi connectivity index (χ1) is 9.72. The van der Waals surface area contributed by atoms with Crippen LogP contribution in [0.25, 0.3) is 0 Å². The number of hydrogen-bond acceptors (Lipinski definition) is 3. The summed E-state index contributed by atoms with van der Waals surface area (Å²) in [5, 5.41) is 0. The van der Waals surface area contributed by atoms with Crippen LogP contribution >= 0.6 is 0 Å². The van der Waals surface area contributed by atoms with Crippen molar-refractivity contribution in [1.82, 2.24) is 9.88 Å². The van der Waals surface area contributed by atoms with Crippen LogP contribution in [0.1, 0.15) is 64.5 Å². The van der Waals surface area contributed by atoms with Gasteiger partial charge in [-0.3, -0.25) is 4.90 Å². The van der Waals surface area contributed by atoms with E-state index < -0.39 is 0 Å². The van der Waals surface area contributed by atoms with Crippen molar-refractivity contribution >= 4 is 0 Å². The van der Waals surface area contributed by atoms with Crippen molar-refractivity contribution in [2.45, 2.75) is 65.0 Å². The van der Waals surface area contributed by atoms with Crippen molar-refractivity contribution in [3.8, 4) is 5.88 Å². The summed E-state index contributed by atoms with van der Waals surface area (Å²) in [6.07, 6.45) is 8.40. The molecule has 1 atom stereocenters. The number of likely N-dealkylation sites (tertiary alicyclic amines) is 1. The van der Waals surface area contributed by atoms with Crippen LogP contribution in [0.2, 0.25) is 0 Å². The summed E-state index contributed by atoms with van der Waals surface area (Å²) < 4.78 is 5.91. The van der Waals surface area contributed by atoms with Crippen LogP contribution < -0.4 is 4.74 Å². The summed E-state index contributed by atoms with van der Waals surface area (Å²) in [5.74, 6) is 0.830. The predicted octanol–water partition coefficient (Wildman–Crippen LogP) is 4.20. The molecule has 1 aliphatic heterocycles. The predicted molar refractivity (Wildman–Crippen MR) is 83.1 cm³/mol. The Hall–Kier alpha value is -1.09. The Morgan fingerprint density at radius 1 is 1.40 bits per heavy atom. The van der Waals surface area contributed by atoms with Crippen LogP contribution in [0.3, 0.4) is 0 Å². The minimum Gasteiger partial charge on any atom is -0.475 e. The molecular weight excluding hydrogens is 248 g/mol. The molecule has 1 fully saturated rings. The number of ether oxygens (including phenoxy) is 1. The molecule has 2 heterocycles. The van der Waals surface area contributed by atoms with Crippen molar-refractivity contribution < 1.29 is 4.74 Å². The van der Waals surface area contributed by atoms with Crippen molar-refractivity contribution in [1.29, 1.82) is 0 Å². The van der Waals surface area contributed by atoms with Gasteiger partial charge < -0.3 is 4.74 Å². The van der Waals surface area contributed by atoms with Gasteiger partial charge in [-0.2, -0.15) is 0 Å². The molecule has 3 heteroatoms. The molecule has 0 saturated carbocycles. The van der Waals surface area contributed by atoms with E-state index in [2.05, 4.69) is 36.7 Å². The van der Waals surface area contributed by atoms with Crippen molar-refractivity contribution in [3.05, 3.63) is 23.9 Å². The van der Waals surface area contributed by atoms with E-state index in [1.807, 2.05) is 12.3 Å². The average molecular weight is 276 g/mol. The zero-order valence-electron chi connectivity index (χ0n) is 13.1. The molecule has 0 radical (unpaired) electrons.